The summed E-state index contributed by atoms with van der Waals surface area (Å²) in [6.07, 6.45) is 6.99. The first-order chi connectivity index (χ1) is 4.84. The van der Waals surface area contributed by atoms with Crippen molar-refractivity contribution in [3.63, 3.8) is 0 Å². The van der Waals surface area contributed by atoms with Gasteiger partial charge in [0.15, 0.2) is 0 Å². The van der Waals surface area contributed by atoms with Crippen LogP contribution in [0.25, 0.3) is 0 Å². The topological polar surface area (TPSA) is 17.1 Å². The molecule has 58 valence electrons. The first-order valence-electron chi connectivity index (χ1n) is 3.94. The fraction of sp³-hybridized carbons (Fsp3) is 0.875. The van der Waals surface area contributed by atoms with Crippen LogP contribution >= 0.6 is 11.6 Å². The van der Waals surface area contributed by atoms with Gasteiger partial charge in [0.05, 0.1) is 5.38 Å². The summed E-state index contributed by atoms with van der Waals surface area (Å²) in [5.41, 5.74) is 0. The molecule has 1 aliphatic rings. The molecular weight excluding hydrogens is 148 g/mol. The minimum Gasteiger partial charge on any atom is -0.302 e. The number of carbonyl (C=O) groups is 1. The molecule has 0 N–H and O–H groups in total. The summed E-state index contributed by atoms with van der Waals surface area (Å²) < 4.78 is 0. The largest absolute Gasteiger partial charge is 0.302 e. The van der Waals surface area contributed by atoms with Gasteiger partial charge in [-0.25, -0.2) is 0 Å². The maximum atomic E-state index is 10.3. The van der Waals surface area contributed by atoms with Gasteiger partial charge in [-0.15, -0.1) is 11.6 Å². The Morgan fingerprint density at radius 1 is 1.30 bits per heavy atom. The Hall–Kier alpha value is -0.0400. The molecule has 0 bridgehead atoms. The second-order valence-electron chi connectivity index (χ2n) is 2.98. The van der Waals surface area contributed by atoms with Gasteiger partial charge in [-0.05, 0) is 18.8 Å². The van der Waals surface area contributed by atoms with E-state index < -0.39 is 0 Å². The van der Waals surface area contributed by atoms with Crippen LogP contribution in [0.2, 0.25) is 0 Å². The van der Waals surface area contributed by atoms with Crippen LogP contribution in [0.5, 0.6) is 0 Å². The molecule has 0 saturated heterocycles. The molecule has 2 heteroatoms. The lowest BCUT2D eigenvalue weighted by molar-refractivity contribution is -0.108. The number of hydrogen-bond donors (Lipinski definition) is 0. The molecule has 10 heavy (non-hydrogen) atoms. The average Bonchev–Trinajstić information content (AvgIpc) is 2.05. The zero-order chi connectivity index (χ0) is 7.40. The van der Waals surface area contributed by atoms with E-state index >= 15 is 0 Å². The molecule has 1 nitrogen and oxygen atoms in total. The van der Waals surface area contributed by atoms with Crippen molar-refractivity contribution in [2.45, 2.75) is 37.5 Å². The lowest BCUT2D eigenvalue weighted by atomic mass is 9.87. The predicted octanol–water partition coefficient (Wildman–Crippen LogP) is 2.37. The van der Waals surface area contributed by atoms with Crippen LogP contribution in [0, 0.1) is 5.92 Å². The molecule has 0 aromatic carbocycles. The molecule has 0 spiro atoms. The highest BCUT2D eigenvalue weighted by Crippen LogP contribution is 2.27. The molecule has 0 aliphatic heterocycles. The van der Waals surface area contributed by atoms with E-state index in [0.29, 0.717) is 5.92 Å². The standard InChI is InChI=1S/C8H13ClO/c9-8(6-10)7-4-2-1-3-5-7/h6-8H,1-5H2/t8-/m0/s1. The van der Waals surface area contributed by atoms with Crippen molar-refractivity contribution in [3.8, 4) is 0 Å². The van der Waals surface area contributed by atoms with E-state index in [2.05, 4.69) is 0 Å². The average molecular weight is 161 g/mol. The highest BCUT2D eigenvalue weighted by Gasteiger charge is 2.20. The molecule has 0 heterocycles. The Labute approximate surface area is 66.8 Å². The van der Waals surface area contributed by atoms with E-state index in [-0.39, 0.29) is 5.38 Å². The molecule has 0 aromatic rings. The summed E-state index contributed by atoms with van der Waals surface area (Å²) in [5, 5.41) is -0.222. The molecule has 0 radical (unpaired) electrons. The Balaban J connectivity index is 2.30. The van der Waals surface area contributed by atoms with Crippen molar-refractivity contribution < 1.29 is 4.79 Å². The van der Waals surface area contributed by atoms with E-state index in [1.807, 2.05) is 0 Å². The number of halogens is 1. The number of alkyl halides is 1. The minimum absolute atomic E-state index is 0.222. The number of rotatable bonds is 2. The van der Waals surface area contributed by atoms with E-state index in [1.165, 1.54) is 19.3 Å². The van der Waals surface area contributed by atoms with E-state index in [9.17, 15) is 4.79 Å². The fourth-order valence-electron chi connectivity index (χ4n) is 1.56. The van der Waals surface area contributed by atoms with Gasteiger partial charge in [0.25, 0.3) is 0 Å². The number of carbonyl (C=O) groups excluding carboxylic acids is 1. The van der Waals surface area contributed by atoms with E-state index in [4.69, 9.17) is 11.6 Å². The molecule has 1 fully saturated rings. The van der Waals surface area contributed by atoms with Crippen LogP contribution in [-0.2, 0) is 4.79 Å². The third-order valence-electron chi connectivity index (χ3n) is 2.23. The Morgan fingerprint density at radius 3 is 2.40 bits per heavy atom. The summed E-state index contributed by atoms with van der Waals surface area (Å²) in [5.74, 6) is 0.466. The third kappa shape index (κ3) is 1.98. The van der Waals surface area contributed by atoms with E-state index in [1.54, 1.807) is 0 Å². The zero-order valence-electron chi connectivity index (χ0n) is 6.05. The molecule has 1 atom stereocenters. The predicted molar refractivity (Wildman–Crippen MR) is 42.3 cm³/mol. The van der Waals surface area contributed by atoms with E-state index in [0.717, 1.165) is 19.1 Å². The Kier molecular flexibility index (Phi) is 3.20. The number of hydrogen-bond acceptors (Lipinski definition) is 1. The first kappa shape index (κ1) is 8.06. The van der Waals surface area contributed by atoms with Gasteiger partial charge in [-0.3, -0.25) is 0 Å². The lowest BCUT2D eigenvalue weighted by Crippen LogP contribution is -2.18. The summed E-state index contributed by atoms with van der Waals surface area (Å²) in [4.78, 5) is 10.3. The van der Waals surface area contributed by atoms with Gasteiger partial charge >= 0.3 is 0 Å². The van der Waals surface area contributed by atoms with Crippen LogP contribution in [0.4, 0.5) is 0 Å². The first-order valence-corrected chi connectivity index (χ1v) is 4.37. The third-order valence-corrected chi connectivity index (χ3v) is 2.69. The zero-order valence-corrected chi connectivity index (χ0v) is 6.81. The summed E-state index contributed by atoms with van der Waals surface area (Å²) >= 11 is 5.78. The van der Waals surface area contributed by atoms with Gasteiger partial charge in [0, 0.05) is 0 Å². The normalized spacial score (nSPS) is 24.1. The van der Waals surface area contributed by atoms with Crippen molar-refractivity contribution in [2.24, 2.45) is 5.92 Å². The molecule has 1 rings (SSSR count). The molecule has 1 saturated carbocycles. The van der Waals surface area contributed by atoms with Crippen LogP contribution < -0.4 is 0 Å². The van der Waals surface area contributed by atoms with Gasteiger partial charge in [-0.1, -0.05) is 19.3 Å². The van der Waals surface area contributed by atoms with Crippen molar-refractivity contribution in [3.05, 3.63) is 0 Å². The second-order valence-corrected chi connectivity index (χ2v) is 3.48. The van der Waals surface area contributed by atoms with Gasteiger partial charge in [0.2, 0.25) is 0 Å². The summed E-state index contributed by atoms with van der Waals surface area (Å²) in [7, 11) is 0. The van der Waals surface area contributed by atoms with Crippen LogP contribution in [0.15, 0.2) is 0 Å². The maximum Gasteiger partial charge on any atom is 0.138 e. The maximum absolute atomic E-state index is 10.3. The van der Waals surface area contributed by atoms with Crippen LogP contribution in [0.1, 0.15) is 32.1 Å². The highest BCUT2D eigenvalue weighted by atomic mass is 35.5. The smallest absolute Gasteiger partial charge is 0.138 e. The molecule has 0 aromatic heterocycles. The Morgan fingerprint density at radius 2 is 1.90 bits per heavy atom. The van der Waals surface area contributed by atoms with Gasteiger partial charge in [-0.2, -0.15) is 0 Å². The molecule has 0 unspecified atom stereocenters. The lowest BCUT2D eigenvalue weighted by Gasteiger charge is -2.22. The fourth-order valence-corrected chi connectivity index (χ4v) is 1.82. The van der Waals surface area contributed by atoms with Crippen LogP contribution in [0.3, 0.4) is 0 Å². The van der Waals surface area contributed by atoms with Crippen molar-refractivity contribution >= 4 is 17.9 Å². The summed E-state index contributed by atoms with van der Waals surface area (Å²) in [6, 6.07) is 0. The van der Waals surface area contributed by atoms with Gasteiger partial charge in [0.1, 0.15) is 6.29 Å². The van der Waals surface area contributed by atoms with Crippen molar-refractivity contribution in [2.75, 3.05) is 0 Å². The highest BCUT2D eigenvalue weighted by molar-refractivity contribution is 6.27. The molecular formula is C8H13ClO. The van der Waals surface area contributed by atoms with Gasteiger partial charge < -0.3 is 4.79 Å². The monoisotopic (exact) mass is 160 g/mol. The molecule has 1 aliphatic carbocycles. The van der Waals surface area contributed by atoms with Crippen molar-refractivity contribution in [1.29, 1.82) is 0 Å². The minimum atomic E-state index is -0.222. The van der Waals surface area contributed by atoms with Crippen molar-refractivity contribution in [1.82, 2.24) is 0 Å². The Bertz CT molecular complexity index is 108. The molecule has 0 amide bonds. The quantitative estimate of drug-likeness (QED) is 0.448. The number of aldehydes is 1. The van der Waals surface area contributed by atoms with Crippen LogP contribution in [-0.4, -0.2) is 11.7 Å². The second kappa shape index (κ2) is 3.97. The SMILES string of the molecule is O=C[C@H](Cl)C1CCCCC1. The summed E-state index contributed by atoms with van der Waals surface area (Å²) in [6.45, 7) is 0.